The van der Waals surface area contributed by atoms with Crippen molar-refractivity contribution in [2.24, 2.45) is 11.8 Å². The summed E-state index contributed by atoms with van der Waals surface area (Å²) in [6, 6.07) is 8.35. The number of hydrogen-bond acceptors (Lipinski definition) is 6. The zero-order valence-electron chi connectivity index (χ0n) is 19.8. The van der Waals surface area contributed by atoms with Gasteiger partial charge in [0.25, 0.3) is 0 Å². The Balaban J connectivity index is 1.29. The molecule has 2 heterocycles. The normalized spacial score (nSPS) is 11.7. The van der Waals surface area contributed by atoms with E-state index in [-0.39, 0.29) is 0 Å². The summed E-state index contributed by atoms with van der Waals surface area (Å²) in [5, 5.41) is 16.7. The van der Waals surface area contributed by atoms with E-state index in [0.717, 1.165) is 35.4 Å². The van der Waals surface area contributed by atoms with Gasteiger partial charge in [-0.25, -0.2) is 9.36 Å². The van der Waals surface area contributed by atoms with Crippen LogP contribution in [0.1, 0.15) is 50.2 Å². The first kappa shape index (κ1) is 24.1. The van der Waals surface area contributed by atoms with E-state index in [1.54, 1.807) is 0 Å². The van der Waals surface area contributed by atoms with Gasteiger partial charge in [-0.05, 0) is 35.8 Å². The standard InChI is InChI=1S/C24H36N6O2/c1-19(2)13-23-15-29(27-25-23)9-11-31-17-21-5-7-22(8-6-21)18-32-12-10-30-16-24(26-28-30)14-20(3)4/h5-8,15-16,19-20H,9-14,17-18H2,1-4H3. The van der Waals surface area contributed by atoms with Crippen LogP contribution >= 0.6 is 0 Å². The molecule has 1 aromatic carbocycles. The van der Waals surface area contributed by atoms with Gasteiger partial charge in [-0.3, -0.25) is 0 Å². The van der Waals surface area contributed by atoms with Crippen molar-refractivity contribution in [3.05, 3.63) is 59.2 Å². The van der Waals surface area contributed by atoms with Crippen LogP contribution in [-0.2, 0) is 48.6 Å². The molecule has 3 rings (SSSR count). The quantitative estimate of drug-likeness (QED) is 0.356. The second kappa shape index (κ2) is 12.5. The van der Waals surface area contributed by atoms with Gasteiger partial charge in [0.15, 0.2) is 0 Å². The Morgan fingerprint density at radius 1 is 0.688 bits per heavy atom. The maximum atomic E-state index is 5.79. The predicted octanol–water partition coefficient (Wildman–Crippen LogP) is 3.70. The lowest BCUT2D eigenvalue weighted by molar-refractivity contribution is 0.108. The molecule has 0 aliphatic rings. The van der Waals surface area contributed by atoms with Gasteiger partial charge >= 0.3 is 0 Å². The number of aromatic nitrogens is 6. The van der Waals surface area contributed by atoms with Gasteiger partial charge in [0.2, 0.25) is 0 Å². The number of rotatable bonds is 14. The Morgan fingerprint density at radius 2 is 1.09 bits per heavy atom. The molecular weight excluding hydrogens is 404 g/mol. The van der Waals surface area contributed by atoms with Crippen molar-refractivity contribution < 1.29 is 9.47 Å². The van der Waals surface area contributed by atoms with E-state index >= 15 is 0 Å². The van der Waals surface area contributed by atoms with Crippen LogP contribution in [0.2, 0.25) is 0 Å². The highest BCUT2D eigenvalue weighted by atomic mass is 16.5. The summed E-state index contributed by atoms with van der Waals surface area (Å²) < 4.78 is 15.3. The van der Waals surface area contributed by atoms with Crippen LogP contribution < -0.4 is 0 Å². The van der Waals surface area contributed by atoms with E-state index in [0.29, 0.717) is 51.4 Å². The summed E-state index contributed by atoms with van der Waals surface area (Å²) in [4.78, 5) is 0. The summed E-state index contributed by atoms with van der Waals surface area (Å²) in [7, 11) is 0. The minimum absolute atomic E-state index is 0.583. The third kappa shape index (κ3) is 8.51. The predicted molar refractivity (Wildman–Crippen MR) is 123 cm³/mol. The Bertz CT molecular complexity index is 841. The average Bonchev–Trinajstić information content (AvgIpc) is 3.38. The van der Waals surface area contributed by atoms with Crippen molar-refractivity contribution in [2.45, 2.75) is 66.8 Å². The van der Waals surface area contributed by atoms with Gasteiger partial charge in [0.05, 0.1) is 50.9 Å². The molecule has 0 aliphatic heterocycles. The van der Waals surface area contributed by atoms with Gasteiger partial charge in [-0.2, -0.15) is 0 Å². The molecule has 0 unspecified atom stereocenters. The Labute approximate surface area is 190 Å². The van der Waals surface area contributed by atoms with E-state index in [2.05, 4.69) is 72.6 Å². The molecule has 0 fully saturated rings. The maximum Gasteiger partial charge on any atom is 0.0829 e. The first-order valence-corrected chi connectivity index (χ1v) is 11.5. The van der Waals surface area contributed by atoms with Crippen LogP contribution in [-0.4, -0.2) is 43.2 Å². The molecule has 0 atom stereocenters. The molecular formula is C24H36N6O2. The van der Waals surface area contributed by atoms with Crippen molar-refractivity contribution in [3.63, 3.8) is 0 Å². The highest BCUT2D eigenvalue weighted by molar-refractivity contribution is 5.21. The number of hydrogen-bond donors (Lipinski definition) is 0. The van der Waals surface area contributed by atoms with Crippen LogP contribution in [0, 0.1) is 11.8 Å². The number of benzene rings is 1. The molecule has 2 aromatic heterocycles. The molecule has 0 amide bonds. The van der Waals surface area contributed by atoms with E-state index < -0.39 is 0 Å². The fourth-order valence-corrected chi connectivity index (χ4v) is 3.35. The lowest BCUT2D eigenvalue weighted by Gasteiger charge is -2.07. The lowest BCUT2D eigenvalue weighted by atomic mass is 10.1. The number of ether oxygens (including phenoxy) is 2. The molecule has 0 spiro atoms. The fourth-order valence-electron chi connectivity index (χ4n) is 3.35. The van der Waals surface area contributed by atoms with Crippen molar-refractivity contribution in [1.29, 1.82) is 0 Å². The van der Waals surface area contributed by atoms with Crippen molar-refractivity contribution in [1.82, 2.24) is 30.0 Å². The molecule has 3 aromatic rings. The zero-order valence-corrected chi connectivity index (χ0v) is 19.8. The Hall–Kier alpha value is -2.58. The summed E-state index contributed by atoms with van der Waals surface area (Å²) in [5.41, 5.74) is 4.37. The first-order chi connectivity index (χ1) is 15.5. The zero-order chi connectivity index (χ0) is 22.8. The van der Waals surface area contributed by atoms with Gasteiger partial charge in [-0.15, -0.1) is 10.2 Å². The first-order valence-electron chi connectivity index (χ1n) is 11.5. The SMILES string of the molecule is CC(C)Cc1cn(CCOCc2ccc(COCCn3cc(CC(C)C)nn3)cc2)nn1. The fraction of sp³-hybridized carbons (Fsp3) is 0.583. The molecule has 0 saturated carbocycles. The summed E-state index contributed by atoms with van der Waals surface area (Å²) in [5.74, 6) is 1.17. The van der Waals surface area contributed by atoms with Crippen LogP contribution in [0.25, 0.3) is 0 Å². The molecule has 0 aliphatic carbocycles. The summed E-state index contributed by atoms with van der Waals surface area (Å²) >= 11 is 0. The Kier molecular flexibility index (Phi) is 9.37. The van der Waals surface area contributed by atoms with Crippen molar-refractivity contribution >= 4 is 0 Å². The summed E-state index contributed by atoms with van der Waals surface area (Å²) in [6.45, 7) is 12.5. The van der Waals surface area contributed by atoms with E-state index in [1.165, 1.54) is 0 Å². The second-order valence-corrected chi connectivity index (χ2v) is 9.06. The highest BCUT2D eigenvalue weighted by Crippen LogP contribution is 2.08. The van der Waals surface area contributed by atoms with Gasteiger partial charge in [-0.1, -0.05) is 62.4 Å². The van der Waals surface area contributed by atoms with E-state index in [1.807, 2.05) is 21.8 Å². The molecule has 0 radical (unpaired) electrons. The van der Waals surface area contributed by atoms with Crippen LogP contribution in [0.5, 0.6) is 0 Å². The third-order valence-corrected chi connectivity index (χ3v) is 4.90. The minimum Gasteiger partial charge on any atom is -0.375 e. The smallest absolute Gasteiger partial charge is 0.0829 e. The molecule has 32 heavy (non-hydrogen) atoms. The lowest BCUT2D eigenvalue weighted by Crippen LogP contribution is -2.07. The molecule has 8 heteroatoms. The summed E-state index contributed by atoms with van der Waals surface area (Å²) in [6.07, 6.45) is 5.92. The van der Waals surface area contributed by atoms with Crippen LogP contribution in [0.15, 0.2) is 36.7 Å². The molecule has 8 nitrogen and oxygen atoms in total. The topological polar surface area (TPSA) is 79.9 Å². The Morgan fingerprint density at radius 3 is 1.47 bits per heavy atom. The maximum absolute atomic E-state index is 5.79. The van der Waals surface area contributed by atoms with Crippen LogP contribution in [0.3, 0.4) is 0 Å². The van der Waals surface area contributed by atoms with Gasteiger partial charge in [0, 0.05) is 12.4 Å². The van der Waals surface area contributed by atoms with Crippen LogP contribution in [0.4, 0.5) is 0 Å². The molecule has 0 saturated heterocycles. The van der Waals surface area contributed by atoms with Gasteiger partial charge in [0.1, 0.15) is 0 Å². The third-order valence-electron chi connectivity index (χ3n) is 4.90. The minimum atomic E-state index is 0.583. The molecule has 0 bridgehead atoms. The highest BCUT2D eigenvalue weighted by Gasteiger charge is 2.05. The monoisotopic (exact) mass is 440 g/mol. The van der Waals surface area contributed by atoms with Gasteiger partial charge < -0.3 is 9.47 Å². The number of nitrogens with zero attached hydrogens (tertiary/aromatic N) is 6. The van der Waals surface area contributed by atoms with Crippen molar-refractivity contribution in [2.75, 3.05) is 13.2 Å². The largest absolute Gasteiger partial charge is 0.375 e. The van der Waals surface area contributed by atoms with E-state index in [4.69, 9.17) is 9.47 Å². The molecule has 0 N–H and O–H groups in total. The molecule has 174 valence electrons. The second-order valence-electron chi connectivity index (χ2n) is 9.06. The van der Waals surface area contributed by atoms with E-state index in [9.17, 15) is 0 Å². The average molecular weight is 441 g/mol. The van der Waals surface area contributed by atoms with Crippen molar-refractivity contribution in [3.8, 4) is 0 Å².